The van der Waals surface area contributed by atoms with E-state index in [-0.39, 0.29) is 12.1 Å². The molecule has 0 unspecified atom stereocenters. The summed E-state index contributed by atoms with van der Waals surface area (Å²) in [5.41, 5.74) is 2.20. The van der Waals surface area contributed by atoms with Crippen LogP contribution in [0.3, 0.4) is 0 Å². The SMILES string of the molecule is COc1ccc(NC(=O)N2CCN(C3=Nc4ccccc4Oc4ccc(OC)cc43)C[C@@H]2C)c(OC)c1. The number of ether oxygens (including phenoxy) is 4. The Labute approximate surface area is 216 Å². The summed E-state index contributed by atoms with van der Waals surface area (Å²) in [6.07, 6.45) is 0. The van der Waals surface area contributed by atoms with Crippen molar-refractivity contribution in [2.45, 2.75) is 13.0 Å². The third kappa shape index (κ3) is 4.84. The molecule has 3 aromatic rings. The number of hydrogen-bond acceptors (Lipinski definition) is 7. The largest absolute Gasteiger partial charge is 0.497 e. The van der Waals surface area contributed by atoms with E-state index in [2.05, 4.69) is 10.2 Å². The maximum Gasteiger partial charge on any atom is 0.322 e. The minimum Gasteiger partial charge on any atom is -0.497 e. The third-order valence-corrected chi connectivity index (χ3v) is 6.58. The first-order chi connectivity index (χ1) is 18.0. The minimum atomic E-state index is -0.186. The molecular weight excluding hydrogens is 472 g/mol. The van der Waals surface area contributed by atoms with Gasteiger partial charge in [0, 0.05) is 31.7 Å². The van der Waals surface area contributed by atoms with Crippen LogP contribution in [0, 0.1) is 0 Å². The topological polar surface area (TPSA) is 84.9 Å². The monoisotopic (exact) mass is 502 g/mol. The molecule has 2 amide bonds. The second kappa shape index (κ2) is 10.3. The molecule has 2 aliphatic heterocycles. The first-order valence-electron chi connectivity index (χ1n) is 12.1. The molecule has 1 atom stereocenters. The molecule has 1 N–H and O–H groups in total. The maximum atomic E-state index is 13.2. The lowest BCUT2D eigenvalue weighted by atomic mass is 10.1. The molecule has 2 heterocycles. The zero-order valence-electron chi connectivity index (χ0n) is 21.4. The van der Waals surface area contributed by atoms with Crippen LogP contribution in [0.2, 0.25) is 0 Å². The quantitative estimate of drug-likeness (QED) is 0.532. The maximum absolute atomic E-state index is 13.2. The molecule has 0 radical (unpaired) electrons. The highest BCUT2D eigenvalue weighted by molar-refractivity contribution is 6.04. The molecule has 37 heavy (non-hydrogen) atoms. The Balaban J connectivity index is 1.38. The van der Waals surface area contributed by atoms with Crippen molar-refractivity contribution >= 4 is 23.2 Å². The molecule has 1 saturated heterocycles. The zero-order valence-corrected chi connectivity index (χ0v) is 21.4. The molecule has 192 valence electrons. The second-order valence-corrected chi connectivity index (χ2v) is 8.85. The summed E-state index contributed by atoms with van der Waals surface area (Å²) in [6, 6.07) is 18.5. The number of nitrogens with zero attached hydrogens (tertiary/aromatic N) is 3. The molecule has 9 heteroatoms. The molecule has 0 saturated carbocycles. The van der Waals surface area contributed by atoms with Crippen molar-refractivity contribution in [1.29, 1.82) is 0 Å². The van der Waals surface area contributed by atoms with Crippen LogP contribution < -0.4 is 24.3 Å². The van der Waals surface area contributed by atoms with Crippen LogP contribution in [0.15, 0.2) is 65.7 Å². The minimum absolute atomic E-state index is 0.0748. The number of para-hydroxylation sites is 2. The van der Waals surface area contributed by atoms with E-state index < -0.39 is 0 Å². The number of hydrogen-bond donors (Lipinski definition) is 1. The Hall–Kier alpha value is -4.40. The highest BCUT2D eigenvalue weighted by Gasteiger charge is 2.32. The first kappa shape index (κ1) is 24.3. The van der Waals surface area contributed by atoms with E-state index in [1.54, 1.807) is 39.5 Å². The molecule has 2 aliphatic rings. The van der Waals surface area contributed by atoms with Crippen LogP contribution >= 0.6 is 0 Å². The van der Waals surface area contributed by atoms with Crippen LogP contribution in [0.1, 0.15) is 12.5 Å². The van der Waals surface area contributed by atoms with Crippen molar-refractivity contribution < 1.29 is 23.7 Å². The van der Waals surface area contributed by atoms with Crippen molar-refractivity contribution in [3.8, 4) is 28.7 Å². The van der Waals surface area contributed by atoms with E-state index in [4.69, 9.17) is 23.9 Å². The summed E-state index contributed by atoms with van der Waals surface area (Å²) in [5.74, 6) is 4.12. The standard InChI is InChI=1S/C28H30N4O5/c1-18-17-31(13-14-32(18)28(33)30-23-11-9-20(35-3)16-26(23)36-4)27-21-15-19(34-2)10-12-24(21)37-25-8-6-5-7-22(25)29-27/h5-12,15-16,18H,13-14,17H2,1-4H3,(H,30,33)/t18-/m0/s1. The van der Waals surface area contributed by atoms with Crippen LogP contribution in [0.25, 0.3) is 0 Å². The van der Waals surface area contributed by atoms with Crippen LogP contribution in [0.5, 0.6) is 28.7 Å². The van der Waals surface area contributed by atoms with Gasteiger partial charge in [0.2, 0.25) is 0 Å². The fourth-order valence-electron chi connectivity index (χ4n) is 4.61. The summed E-state index contributed by atoms with van der Waals surface area (Å²) in [6.45, 7) is 3.76. The number of carbonyl (C=O) groups is 1. The van der Waals surface area contributed by atoms with Crippen molar-refractivity contribution in [1.82, 2.24) is 9.80 Å². The first-order valence-corrected chi connectivity index (χ1v) is 12.1. The van der Waals surface area contributed by atoms with Crippen molar-refractivity contribution in [3.05, 3.63) is 66.2 Å². The Kier molecular flexibility index (Phi) is 6.76. The van der Waals surface area contributed by atoms with Gasteiger partial charge >= 0.3 is 6.03 Å². The highest BCUT2D eigenvalue weighted by Crippen LogP contribution is 2.39. The number of urea groups is 1. The molecule has 0 bridgehead atoms. The summed E-state index contributed by atoms with van der Waals surface area (Å²) < 4.78 is 22.4. The van der Waals surface area contributed by atoms with E-state index in [9.17, 15) is 4.79 Å². The summed E-state index contributed by atoms with van der Waals surface area (Å²) in [5, 5.41) is 2.98. The number of piperazine rings is 1. The van der Waals surface area contributed by atoms with Crippen molar-refractivity contribution in [2.75, 3.05) is 46.3 Å². The van der Waals surface area contributed by atoms with Crippen molar-refractivity contribution in [3.63, 3.8) is 0 Å². The van der Waals surface area contributed by atoms with Gasteiger partial charge in [0.15, 0.2) is 5.75 Å². The lowest BCUT2D eigenvalue weighted by molar-refractivity contribution is 0.144. The van der Waals surface area contributed by atoms with Crippen LogP contribution in [-0.2, 0) is 0 Å². The van der Waals surface area contributed by atoms with Gasteiger partial charge in [0.05, 0.1) is 32.6 Å². The van der Waals surface area contributed by atoms with Gasteiger partial charge in [-0.05, 0) is 49.4 Å². The smallest absolute Gasteiger partial charge is 0.322 e. The number of amides is 2. The molecule has 0 aliphatic carbocycles. The molecule has 3 aromatic carbocycles. The normalized spacial score (nSPS) is 16.4. The molecule has 0 aromatic heterocycles. The summed E-state index contributed by atoms with van der Waals surface area (Å²) in [7, 11) is 4.79. The van der Waals surface area contributed by atoms with E-state index in [0.717, 1.165) is 22.8 Å². The predicted octanol–water partition coefficient (Wildman–Crippen LogP) is 5.13. The summed E-state index contributed by atoms with van der Waals surface area (Å²) in [4.78, 5) is 22.3. The number of fused-ring (bicyclic) bond motifs is 2. The van der Waals surface area contributed by atoms with Gasteiger partial charge in [-0.2, -0.15) is 0 Å². The second-order valence-electron chi connectivity index (χ2n) is 8.85. The van der Waals surface area contributed by atoms with Crippen LogP contribution in [-0.4, -0.2) is 68.7 Å². The van der Waals surface area contributed by atoms with Gasteiger partial charge in [0.25, 0.3) is 0 Å². The van der Waals surface area contributed by atoms with Crippen molar-refractivity contribution in [2.24, 2.45) is 4.99 Å². The van der Waals surface area contributed by atoms with Gasteiger partial charge in [-0.25, -0.2) is 9.79 Å². The lowest BCUT2D eigenvalue weighted by Crippen LogP contribution is -2.56. The summed E-state index contributed by atoms with van der Waals surface area (Å²) >= 11 is 0. The number of carbonyl (C=O) groups excluding carboxylic acids is 1. The third-order valence-electron chi connectivity index (χ3n) is 6.58. The number of nitrogens with one attached hydrogen (secondary N) is 1. The number of methoxy groups -OCH3 is 3. The van der Waals surface area contributed by atoms with Gasteiger partial charge < -0.3 is 34.1 Å². The zero-order chi connectivity index (χ0) is 25.9. The van der Waals surface area contributed by atoms with E-state index >= 15 is 0 Å². The van der Waals surface area contributed by atoms with E-state index in [0.29, 0.717) is 48.3 Å². The van der Waals surface area contributed by atoms with Gasteiger partial charge in [-0.1, -0.05) is 12.1 Å². The Morgan fingerprint density at radius 1 is 0.946 bits per heavy atom. The Morgan fingerprint density at radius 2 is 1.70 bits per heavy atom. The van der Waals surface area contributed by atoms with Gasteiger partial charge in [-0.3, -0.25) is 0 Å². The number of aliphatic imine (C=N–C) groups is 1. The number of amidine groups is 1. The van der Waals surface area contributed by atoms with E-state index in [1.807, 2.05) is 54.3 Å². The van der Waals surface area contributed by atoms with Crippen LogP contribution in [0.4, 0.5) is 16.2 Å². The molecule has 1 fully saturated rings. The fourth-order valence-corrected chi connectivity index (χ4v) is 4.61. The molecule has 5 rings (SSSR count). The number of benzene rings is 3. The van der Waals surface area contributed by atoms with E-state index in [1.165, 1.54) is 0 Å². The molecule has 9 nitrogen and oxygen atoms in total. The van der Waals surface area contributed by atoms with Gasteiger partial charge in [-0.15, -0.1) is 0 Å². The predicted molar refractivity (Wildman–Crippen MR) is 142 cm³/mol. The highest BCUT2D eigenvalue weighted by atomic mass is 16.5. The number of anilines is 1. The average Bonchev–Trinajstić information content (AvgIpc) is 3.09. The fraction of sp³-hybridized carbons (Fsp3) is 0.286. The number of rotatable bonds is 4. The Morgan fingerprint density at radius 3 is 2.46 bits per heavy atom. The van der Waals surface area contributed by atoms with Gasteiger partial charge in [0.1, 0.15) is 34.5 Å². The average molecular weight is 503 g/mol. The lowest BCUT2D eigenvalue weighted by Gasteiger charge is -2.41. The molecular formula is C28H30N4O5. The Bertz CT molecular complexity index is 1340. The molecule has 0 spiro atoms.